The van der Waals surface area contributed by atoms with Crippen LogP contribution in [0, 0.1) is 0 Å². The van der Waals surface area contributed by atoms with Crippen molar-refractivity contribution in [3.8, 4) is 0 Å². The van der Waals surface area contributed by atoms with Crippen LogP contribution in [-0.4, -0.2) is 35.7 Å². The van der Waals surface area contributed by atoms with Crippen LogP contribution in [0.2, 0.25) is 0 Å². The summed E-state index contributed by atoms with van der Waals surface area (Å²) in [6.45, 7) is 9.13. The summed E-state index contributed by atoms with van der Waals surface area (Å²) in [5.41, 5.74) is -0.440. The molecule has 20 heavy (non-hydrogen) atoms. The molecule has 1 aromatic heterocycles. The molecule has 5 heteroatoms. The zero-order valence-electron chi connectivity index (χ0n) is 12.7. The van der Waals surface area contributed by atoms with E-state index in [0.29, 0.717) is 6.54 Å². The summed E-state index contributed by atoms with van der Waals surface area (Å²) in [7, 11) is 0. The Hall–Kier alpha value is -1.49. The van der Waals surface area contributed by atoms with Crippen molar-refractivity contribution in [3.63, 3.8) is 0 Å². The Kier molecular flexibility index (Phi) is 4.38. The van der Waals surface area contributed by atoms with Gasteiger partial charge in [0.05, 0.1) is 12.3 Å². The van der Waals surface area contributed by atoms with Gasteiger partial charge in [0.15, 0.2) is 0 Å². The largest absolute Gasteiger partial charge is 0.468 e. The highest BCUT2D eigenvalue weighted by Gasteiger charge is 2.30. The molecule has 1 saturated heterocycles. The lowest BCUT2D eigenvalue weighted by molar-refractivity contribution is 0.0290. The maximum atomic E-state index is 12.0. The first-order chi connectivity index (χ1) is 9.35. The molecule has 1 aliphatic heterocycles. The number of carbonyl (C=O) groups excluding carboxylic acids is 1. The number of furan rings is 1. The standard InChI is InChI=1S/C15H24N2O3/c1-11(13-6-5-9-19-13)16-12-7-8-17(10-12)14(18)20-15(2,3)4/h5-6,9,11-12,16H,7-8,10H2,1-4H3/t11-,12+/m0/s1. The van der Waals surface area contributed by atoms with Gasteiger partial charge in [-0.1, -0.05) is 0 Å². The highest BCUT2D eigenvalue weighted by atomic mass is 16.6. The van der Waals surface area contributed by atoms with E-state index < -0.39 is 5.60 Å². The number of carbonyl (C=O) groups is 1. The van der Waals surface area contributed by atoms with Crippen LogP contribution >= 0.6 is 0 Å². The zero-order chi connectivity index (χ0) is 14.8. The molecule has 0 saturated carbocycles. The predicted molar refractivity (Wildman–Crippen MR) is 76.5 cm³/mol. The normalized spacial score (nSPS) is 21.0. The number of hydrogen-bond acceptors (Lipinski definition) is 4. The van der Waals surface area contributed by atoms with E-state index >= 15 is 0 Å². The second-order valence-electron chi connectivity index (χ2n) is 6.32. The summed E-state index contributed by atoms with van der Waals surface area (Å²) in [6.07, 6.45) is 2.38. The summed E-state index contributed by atoms with van der Waals surface area (Å²) in [6, 6.07) is 4.27. The lowest BCUT2D eigenvalue weighted by Crippen LogP contribution is -2.38. The number of hydrogen-bond donors (Lipinski definition) is 1. The fourth-order valence-electron chi connectivity index (χ4n) is 2.36. The first kappa shape index (κ1) is 14.9. The third-order valence-corrected chi connectivity index (χ3v) is 3.30. The minimum absolute atomic E-state index is 0.147. The molecule has 1 amide bonds. The lowest BCUT2D eigenvalue weighted by atomic mass is 10.2. The maximum Gasteiger partial charge on any atom is 0.410 e. The maximum absolute atomic E-state index is 12.0. The van der Waals surface area contributed by atoms with Crippen LogP contribution in [0.1, 0.15) is 45.9 Å². The number of likely N-dealkylation sites (tertiary alicyclic amines) is 1. The Labute approximate surface area is 120 Å². The fraction of sp³-hybridized carbons (Fsp3) is 0.667. The number of ether oxygens (including phenoxy) is 1. The van der Waals surface area contributed by atoms with Gasteiger partial charge in [-0.2, -0.15) is 0 Å². The topological polar surface area (TPSA) is 54.7 Å². The molecule has 2 heterocycles. The van der Waals surface area contributed by atoms with Crippen LogP contribution in [0.3, 0.4) is 0 Å². The quantitative estimate of drug-likeness (QED) is 0.925. The number of amides is 1. The van der Waals surface area contributed by atoms with Gasteiger partial charge in [-0.15, -0.1) is 0 Å². The van der Waals surface area contributed by atoms with Gasteiger partial charge in [-0.3, -0.25) is 0 Å². The molecule has 112 valence electrons. The second kappa shape index (κ2) is 5.87. The van der Waals surface area contributed by atoms with E-state index in [4.69, 9.17) is 9.15 Å². The van der Waals surface area contributed by atoms with Crippen molar-refractivity contribution in [3.05, 3.63) is 24.2 Å². The van der Waals surface area contributed by atoms with Gasteiger partial charge in [0.1, 0.15) is 11.4 Å². The molecule has 0 aromatic carbocycles. The van der Waals surface area contributed by atoms with Crippen LogP contribution in [0.5, 0.6) is 0 Å². The van der Waals surface area contributed by atoms with Crippen molar-refractivity contribution in [2.24, 2.45) is 0 Å². The summed E-state index contributed by atoms with van der Waals surface area (Å²) in [4.78, 5) is 13.7. The van der Waals surface area contributed by atoms with Gasteiger partial charge in [0.25, 0.3) is 0 Å². The monoisotopic (exact) mass is 280 g/mol. The Morgan fingerprint density at radius 1 is 1.55 bits per heavy atom. The fourth-order valence-corrected chi connectivity index (χ4v) is 2.36. The van der Waals surface area contributed by atoms with Gasteiger partial charge in [0.2, 0.25) is 0 Å². The van der Waals surface area contributed by atoms with Crippen molar-refractivity contribution in [2.45, 2.75) is 51.8 Å². The molecule has 2 rings (SSSR count). The predicted octanol–water partition coefficient (Wildman–Crippen LogP) is 2.94. The van der Waals surface area contributed by atoms with Crippen molar-refractivity contribution >= 4 is 6.09 Å². The van der Waals surface area contributed by atoms with Crippen LogP contribution < -0.4 is 5.32 Å². The van der Waals surface area contributed by atoms with Crippen LogP contribution in [0.25, 0.3) is 0 Å². The third kappa shape index (κ3) is 4.00. The molecule has 0 bridgehead atoms. The Bertz CT molecular complexity index is 436. The van der Waals surface area contributed by atoms with Crippen LogP contribution in [0.15, 0.2) is 22.8 Å². The summed E-state index contributed by atoms with van der Waals surface area (Å²) in [5.74, 6) is 0.917. The molecular formula is C15H24N2O3. The Morgan fingerprint density at radius 3 is 2.90 bits per heavy atom. The van der Waals surface area contributed by atoms with Crippen LogP contribution in [-0.2, 0) is 4.74 Å². The minimum Gasteiger partial charge on any atom is -0.468 e. The zero-order valence-corrected chi connectivity index (χ0v) is 12.7. The van der Waals surface area contributed by atoms with E-state index in [1.807, 2.05) is 32.9 Å². The molecule has 1 aromatic rings. The van der Waals surface area contributed by atoms with E-state index in [9.17, 15) is 4.79 Å². The van der Waals surface area contributed by atoms with Gasteiger partial charge in [-0.05, 0) is 46.2 Å². The first-order valence-electron chi connectivity index (χ1n) is 7.12. The van der Waals surface area contributed by atoms with E-state index in [1.165, 1.54) is 0 Å². The van der Waals surface area contributed by atoms with E-state index in [1.54, 1.807) is 11.2 Å². The SMILES string of the molecule is C[C@H](N[C@@H]1CCN(C(=O)OC(C)(C)C)C1)c1ccco1. The molecule has 1 aliphatic rings. The van der Waals surface area contributed by atoms with Crippen molar-refractivity contribution in [2.75, 3.05) is 13.1 Å². The molecule has 0 unspecified atom stereocenters. The van der Waals surface area contributed by atoms with Crippen LogP contribution in [0.4, 0.5) is 4.79 Å². The van der Waals surface area contributed by atoms with Gasteiger partial charge in [0, 0.05) is 19.1 Å². The second-order valence-corrected chi connectivity index (χ2v) is 6.32. The number of nitrogens with zero attached hydrogens (tertiary/aromatic N) is 1. The average molecular weight is 280 g/mol. The first-order valence-corrected chi connectivity index (χ1v) is 7.12. The third-order valence-electron chi connectivity index (χ3n) is 3.30. The van der Waals surface area contributed by atoms with Crippen molar-refractivity contribution in [1.82, 2.24) is 10.2 Å². The summed E-state index contributed by atoms with van der Waals surface area (Å²) in [5, 5.41) is 3.49. The highest BCUT2D eigenvalue weighted by Crippen LogP contribution is 2.19. The van der Waals surface area contributed by atoms with Gasteiger partial charge in [-0.25, -0.2) is 4.79 Å². The molecule has 5 nitrogen and oxygen atoms in total. The van der Waals surface area contributed by atoms with Gasteiger partial charge < -0.3 is 19.4 Å². The molecule has 1 N–H and O–H groups in total. The summed E-state index contributed by atoms with van der Waals surface area (Å²) >= 11 is 0. The molecule has 0 aliphatic carbocycles. The van der Waals surface area contributed by atoms with Crippen molar-refractivity contribution in [1.29, 1.82) is 0 Å². The number of nitrogens with one attached hydrogen (secondary N) is 1. The number of rotatable bonds is 3. The smallest absolute Gasteiger partial charge is 0.410 e. The molecule has 1 fully saturated rings. The highest BCUT2D eigenvalue weighted by molar-refractivity contribution is 5.68. The minimum atomic E-state index is -0.440. The van der Waals surface area contributed by atoms with E-state index in [-0.39, 0.29) is 18.2 Å². The van der Waals surface area contributed by atoms with E-state index in [0.717, 1.165) is 18.7 Å². The summed E-state index contributed by atoms with van der Waals surface area (Å²) < 4.78 is 10.8. The Morgan fingerprint density at radius 2 is 2.30 bits per heavy atom. The lowest BCUT2D eigenvalue weighted by Gasteiger charge is -2.24. The molecule has 2 atom stereocenters. The molecular weight excluding hydrogens is 256 g/mol. The average Bonchev–Trinajstić information content (AvgIpc) is 2.97. The van der Waals surface area contributed by atoms with Gasteiger partial charge >= 0.3 is 6.09 Å². The Balaban J connectivity index is 1.82. The van der Waals surface area contributed by atoms with Crippen molar-refractivity contribution < 1.29 is 13.9 Å². The van der Waals surface area contributed by atoms with E-state index in [2.05, 4.69) is 12.2 Å². The molecule has 0 spiro atoms. The molecule has 0 radical (unpaired) electrons.